The van der Waals surface area contributed by atoms with Crippen LogP contribution in [0.25, 0.3) is 6.08 Å². The summed E-state index contributed by atoms with van der Waals surface area (Å²) >= 11 is 0. The van der Waals surface area contributed by atoms with Crippen molar-refractivity contribution in [2.75, 3.05) is 13.6 Å². The van der Waals surface area contributed by atoms with Gasteiger partial charge in [0.1, 0.15) is 5.75 Å². The molecule has 1 aromatic rings. The normalized spacial score (nSPS) is 10.6. The highest BCUT2D eigenvalue weighted by molar-refractivity contribution is 5.91. The van der Waals surface area contributed by atoms with Crippen LogP contribution in [0, 0.1) is 0 Å². The molecular weight excluding hydrogens is 246 g/mol. The molecule has 0 spiro atoms. The van der Waals surface area contributed by atoms with E-state index in [9.17, 15) is 9.59 Å². The number of phenolic OH excluding ortho intramolecular Hbond substituents is 1. The van der Waals surface area contributed by atoms with Gasteiger partial charge in [-0.2, -0.15) is 0 Å². The van der Waals surface area contributed by atoms with Crippen molar-refractivity contribution in [3.63, 3.8) is 0 Å². The van der Waals surface area contributed by atoms with Gasteiger partial charge in [0.15, 0.2) is 0 Å². The Morgan fingerprint density at radius 2 is 1.89 bits per heavy atom. The largest absolute Gasteiger partial charge is 0.508 e. The fourth-order valence-electron chi connectivity index (χ4n) is 1.46. The molecule has 0 atom stereocenters. The van der Waals surface area contributed by atoms with Crippen LogP contribution in [0.1, 0.15) is 18.4 Å². The van der Waals surface area contributed by atoms with E-state index in [4.69, 9.17) is 10.2 Å². The Bertz CT molecular complexity index is 465. The van der Waals surface area contributed by atoms with E-state index in [1.54, 1.807) is 37.4 Å². The van der Waals surface area contributed by atoms with Crippen LogP contribution in [0.3, 0.4) is 0 Å². The SMILES string of the molecule is CN(CCCC(=O)O)C(=O)/C=C/c1ccc(O)cc1. The number of benzene rings is 1. The summed E-state index contributed by atoms with van der Waals surface area (Å²) in [5, 5.41) is 17.6. The van der Waals surface area contributed by atoms with Crippen LogP contribution in [-0.4, -0.2) is 40.6 Å². The molecule has 102 valence electrons. The third-order valence-corrected chi connectivity index (χ3v) is 2.57. The summed E-state index contributed by atoms with van der Waals surface area (Å²) in [4.78, 5) is 23.5. The summed E-state index contributed by atoms with van der Waals surface area (Å²) in [5.41, 5.74) is 0.810. The number of phenols is 1. The number of likely N-dealkylation sites (N-methyl/N-ethyl adjacent to an activating group) is 1. The summed E-state index contributed by atoms with van der Waals surface area (Å²) in [6.07, 6.45) is 3.56. The molecule has 0 radical (unpaired) electrons. The molecule has 1 aromatic carbocycles. The van der Waals surface area contributed by atoms with Crippen LogP contribution in [0.5, 0.6) is 5.75 Å². The van der Waals surface area contributed by atoms with Gasteiger partial charge in [-0.3, -0.25) is 9.59 Å². The van der Waals surface area contributed by atoms with Crippen molar-refractivity contribution in [1.82, 2.24) is 4.90 Å². The molecule has 0 aromatic heterocycles. The van der Waals surface area contributed by atoms with Gasteiger partial charge in [0.25, 0.3) is 0 Å². The van der Waals surface area contributed by atoms with Crippen molar-refractivity contribution in [3.8, 4) is 5.75 Å². The minimum Gasteiger partial charge on any atom is -0.508 e. The number of rotatable bonds is 6. The lowest BCUT2D eigenvalue weighted by molar-refractivity contribution is -0.137. The summed E-state index contributed by atoms with van der Waals surface area (Å²) in [5.74, 6) is -0.867. The molecule has 0 saturated heterocycles. The van der Waals surface area contributed by atoms with Gasteiger partial charge >= 0.3 is 5.97 Å². The molecule has 5 heteroatoms. The van der Waals surface area contributed by atoms with Crippen molar-refractivity contribution in [3.05, 3.63) is 35.9 Å². The molecule has 0 bridgehead atoms. The summed E-state index contributed by atoms with van der Waals surface area (Å²) < 4.78 is 0. The first-order chi connectivity index (χ1) is 8.99. The molecular formula is C14H17NO4. The number of carboxylic acids is 1. The molecule has 0 heterocycles. The van der Waals surface area contributed by atoms with E-state index in [0.29, 0.717) is 13.0 Å². The number of amides is 1. The van der Waals surface area contributed by atoms with Crippen LogP contribution in [0.2, 0.25) is 0 Å². The van der Waals surface area contributed by atoms with Crippen molar-refractivity contribution < 1.29 is 19.8 Å². The van der Waals surface area contributed by atoms with Gasteiger partial charge in [-0.25, -0.2) is 0 Å². The smallest absolute Gasteiger partial charge is 0.303 e. The molecule has 0 fully saturated rings. The molecule has 0 aliphatic rings. The lowest BCUT2D eigenvalue weighted by Gasteiger charge is -2.13. The first kappa shape index (κ1) is 14.8. The zero-order valence-electron chi connectivity index (χ0n) is 10.7. The highest BCUT2D eigenvalue weighted by atomic mass is 16.4. The number of hydrogen-bond donors (Lipinski definition) is 2. The summed E-state index contributed by atoms with van der Waals surface area (Å²) in [6, 6.07) is 6.48. The highest BCUT2D eigenvalue weighted by Gasteiger charge is 2.05. The Hall–Kier alpha value is -2.30. The minimum atomic E-state index is -0.861. The van der Waals surface area contributed by atoms with Gasteiger partial charge in [0.05, 0.1) is 0 Å². The number of hydrogen-bond acceptors (Lipinski definition) is 3. The monoisotopic (exact) mass is 263 g/mol. The summed E-state index contributed by atoms with van der Waals surface area (Å²) in [6.45, 7) is 0.408. The van der Waals surface area contributed by atoms with E-state index in [-0.39, 0.29) is 18.1 Å². The average Bonchev–Trinajstić information content (AvgIpc) is 2.37. The van der Waals surface area contributed by atoms with Gasteiger partial charge in [-0.1, -0.05) is 12.1 Å². The van der Waals surface area contributed by atoms with E-state index < -0.39 is 5.97 Å². The lowest BCUT2D eigenvalue weighted by atomic mass is 10.2. The van der Waals surface area contributed by atoms with Crippen molar-refractivity contribution in [1.29, 1.82) is 0 Å². The number of aromatic hydroxyl groups is 1. The maximum atomic E-state index is 11.7. The molecule has 1 amide bonds. The van der Waals surface area contributed by atoms with Gasteiger partial charge in [0.2, 0.25) is 5.91 Å². The topological polar surface area (TPSA) is 77.8 Å². The van der Waals surface area contributed by atoms with Crippen molar-refractivity contribution in [2.24, 2.45) is 0 Å². The third-order valence-electron chi connectivity index (χ3n) is 2.57. The maximum Gasteiger partial charge on any atom is 0.303 e. The Morgan fingerprint density at radius 3 is 2.47 bits per heavy atom. The molecule has 0 unspecified atom stereocenters. The van der Waals surface area contributed by atoms with Crippen LogP contribution in [0.4, 0.5) is 0 Å². The molecule has 0 aliphatic heterocycles. The fraction of sp³-hybridized carbons (Fsp3) is 0.286. The molecule has 0 saturated carbocycles. The number of aliphatic carboxylic acids is 1. The predicted octanol–water partition coefficient (Wildman–Crippen LogP) is 1.73. The lowest BCUT2D eigenvalue weighted by Crippen LogP contribution is -2.26. The number of carbonyl (C=O) groups excluding carboxylic acids is 1. The zero-order valence-corrected chi connectivity index (χ0v) is 10.7. The van der Waals surface area contributed by atoms with E-state index >= 15 is 0 Å². The Labute approximate surface area is 111 Å². The van der Waals surface area contributed by atoms with E-state index in [1.807, 2.05) is 0 Å². The quantitative estimate of drug-likeness (QED) is 0.766. The van der Waals surface area contributed by atoms with Gasteiger partial charge in [0, 0.05) is 26.1 Å². The molecule has 0 aliphatic carbocycles. The summed E-state index contributed by atoms with van der Waals surface area (Å²) in [7, 11) is 1.63. The zero-order chi connectivity index (χ0) is 14.3. The second-order valence-corrected chi connectivity index (χ2v) is 4.18. The Kier molecular flexibility index (Phi) is 5.60. The van der Waals surface area contributed by atoms with Gasteiger partial charge in [-0.05, 0) is 30.2 Å². The van der Waals surface area contributed by atoms with E-state index in [2.05, 4.69) is 0 Å². The van der Waals surface area contributed by atoms with E-state index in [0.717, 1.165) is 5.56 Å². The third kappa shape index (κ3) is 5.72. The molecule has 19 heavy (non-hydrogen) atoms. The van der Waals surface area contributed by atoms with Crippen LogP contribution in [-0.2, 0) is 9.59 Å². The highest BCUT2D eigenvalue weighted by Crippen LogP contribution is 2.10. The number of carboxylic acid groups (broad SMARTS) is 1. The van der Waals surface area contributed by atoms with Crippen molar-refractivity contribution >= 4 is 18.0 Å². The second kappa shape index (κ2) is 7.20. The average molecular weight is 263 g/mol. The van der Waals surface area contributed by atoms with Gasteiger partial charge < -0.3 is 15.1 Å². The predicted molar refractivity (Wildman–Crippen MR) is 71.6 cm³/mol. The van der Waals surface area contributed by atoms with E-state index in [1.165, 1.54) is 11.0 Å². The molecule has 1 rings (SSSR count). The number of nitrogens with zero attached hydrogens (tertiary/aromatic N) is 1. The van der Waals surface area contributed by atoms with Crippen LogP contribution in [0.15, 0.2) is 30.3 Å². The second-order valence-electron chi connectivity index (χ2n) is 4.18. The standard InChI is InChI=1S/C14H17NO4/c1-15(10-2-3-14(18)19)13(17)9-6-11-4-7-12(16)8-5-11/h4-9,16H,2-3,10H2,1H3,(H,18,19)/b9-6+. The first-order valence-electron chi connectivity index (χ1n) is 5.93. The van der Waals surface area contributed by atoms with Gasteiger partial charge in [-0.15, -0.1) is 0 Å². The van der Waals surface area contributed by atoms with Crippen molar-refractivity contribution in [2.45, 2.75) is 12.8 Å². The molecule has 5 nitrogen and oxygen atoms in total. The number of carbonyl (C=O) groups is 2. The first-order valence-corrected chi connectivity index (χ1v) is 5.93. The van der Waals surface area contributed by atoms with Crippen LogP contribution >= 0.6 is 0 Å². The Balaban J connectivity index is 2.44. The van der Waals surface area contributed by atoms with Crippen LogP contribution < -0.4 is 0 Å². The fourth-order valence-corrected chi connectivity index (χ4v) is 1.46. The Morgan fingerprint density at radius 1 is 1.26 bits per heavy atom. The molecule has 2 N–H and O–H groups in total. The minimum absolute atomic E-state index is 0.0549. The maximum absolute atomic E-state index is 11.7.